The number of aromatic nitrogens is 4. The number of ether oxygens (including phenoxy) is 1. The van der Waals surface area contributed by atoms with Gasteiger partial charge < -0.3 is 4.74 Å². The van der Waals surface area contributed by atoms with Gasteiger partial charge in [-0.2, -0.15) is 0 Å². The number of carbonyl (C=O) groups is 1. The summed E-state index contributed by atoms with van der Waals surface area (Å²) in [7, 11) is 0. The maximum atomic E-state index is 12.5. The highest BCUT2D eigenvalue weighted by Crippen LogP contribution is 2.25. The fourth-order valence-corrected chi connectivity index (χ4v) is 2.81. The summed E-state index contributed by atoms with van der Waals surface area (Å²) in [6, 6.07) is 13.3. The molecular weight excluding hydrogens is 328 g/mol. The Hall–Kier alpha value is -3.54. The zero-order valence-corrected chi connectivity index (χ0v) is 14.1. The molecule has 0 amide bonds. The van der Waals surface area contributed by atoms with Crippen molar-refractivity contribution in [1.82, 2.24) is 19.5 Å². The molecule has 0 radical (unpaired) electrons. The predicted octanol–water partition coefficient (Wildman–Crippen LogP) is 3.73. The molecule has 0 aliphatic heterocycles. The molecule has 4 rings (SSSR count). The van der Waals surface area contributed by atoms with Crippen molar-refractivity contribution in [3.05, 3.63) is 84.8 Å². The van der Waals surface area contributed by atoms with E-state index in [9.17, 15) is 4.79 Å². The average Bonchev–Trinajstić information content (AvgIpc) is 3.22. The van der Waals surface area contributed by atoms with E-state index in [-0.39, 0.29) is 0 Å². The number of pyridine rings is 2. The van der Waals surface area contributed by atoms with Gasteiger partial charge in [-0.1, -0.05) is 24.3 Å². The minimum atomic E-state index is -0.470. The molecule has 4 aromatic rings. The van der Waals surface area contributed by atoms with Crippen LogP contribution in [0.25, 0.3) is 16.6 Å². The summed E-state index contributed by atoms with van der Waals surface area (Å²) >= 11 is 0. The lowest BCUT2D eigenvalue weighted by molar-refractivity contribution is 0.0332. The molecule has 0 bridgehead atoms. The number of hydrogen-bond donors (Lipinski definition) is 0. The van der Waals surface area contributed by atoms with Crippen molar-refractivity contribution in [2.45, 2.75) is 13.0 Å². The first kappa shape index (κ1) is 16.0. The Morgan fingerprint density at radius 3 is 2.73 bits per heavy atom. The van der Waals surface area contributed by atoms with E-state index in [1.807, 2.05) is 37.3 Å². The molecular formula is C20H16N4O2. The fourth-order valence-electron chi connectivity index (χ4n) is 2.81. The topological polar surface area (TPSA) is 69.9 Å². The van der Waals surface area contributed by atoms with Crippen LogP contribution in [0.4, 0.5) is 0 Å². The first-order valence-corrected chi connectivity index (χ1v) is 8.21. The quantitative estimate of drug-likeness (QED) is 0.528. The Kier molecular flexibility index (Phi) is 4.15. The van der Waals surface area contributed by atoms with Crippen LogP contribution < -0.4 is 0 Å². The van der Waals surface area contributed by atoms with Crippen LogP contribution in [0, 0.1) is 0 Å². The van der Waals surface area contributed by atoms with Gasteiger partial charge in [-0.15, -0.1) is 0 Å². The molecule has 3 aromatic heterocycles. The van der Waals surface area contributed by atoms with Crippen LogP contribution in [0.5, 0.6) is 0 Å². The third-order valence-electron chi connectivity index (χ3n) is 4.13. The number of carbonyl (C=O) groups excluding carboxylic acids is 1. The first-order chi connectivity index (χ1) is 12.7. The normalized spacial score (nSPS) is 12.0. The predicted molar refractivity (Wildman–Crippen MR) is 96.9 cm³/mol. The zero-order valence-electron chi connectivity index (χ0n) is 14.1. The maximum Gasteiger partial charge on any atom is 0.340 e. The molecule has 128 valence electrons. The summed E-state index contributed by atoms with van der Waals surface area (Å²) in [5, 5.41) is 2.04. The van der Waals surface area contributed by atoms with Crippen molar-refractivity contribution >= 4 is 16.7 Å². The summed E-state index contributed by atoms with van der Waals surface area (Å²) in [4.78, 5) is 25.1. The number of imidazole rings is 1. The molecule has 0 spiro atoms. The van der Waals surface area contributed by atoms with E-state index in [1.54, 1.807) is 41.6 Å². The third-order valence-corrected chi connectivity index (χ3v) is 4.13. The summed E-state index contributed by atoms with van der Waals surface area (Å²) in [5.41, 5.74) is 1.13. The van der Waals surface area contributed by atoms with Gasteiger partial charge in [0, 0.05) is 30.2 Å². The van der Waals surface area contributed by atoms with Gasteiger partial charge in [0.05, 0.1) is 11.3 Å². The van der Waals surface area contributed by atoms with Gasteiger partial charge in [-0.3, -0.25) is 9.55 Å². The third kappa shape index (κ3) is 3.04. The Morgan fingerprint density at radius 1 is 1.08 bits per heavy atom. The van der Waals surface area contributed by atoms with Gasteiger partial charge in [-0.25, -0.2) is 14.8 Å². The van der Waals surface area contributed by atoms with Crippen LogP contribution >= 0.6 is 0 Å². The molecule has 6 heteroatoms. The van der Waals surface area contributed by atoms with Crippen LogP contribution in [0.3, 0.4) is 0 Å². The SMILES string of the molecule is CC(OC(=O)c1ccc(-n2ccnc2)nc1)c1nccc2ccccc12. The summed E-state index contributed by atoms with van der Waals surface area (Å²) in [6.45, 7) is 1.82. The Balaban J connectivity index is 1.54. The minimum Gasteiger partial charge on any atom is -0.452 e. The summed E-state index contributed by atoms with van der Waals surface area (Å²) < 4.78 is 7.36. The fraction of sp³-hybridized carbons (Fsp3) is 0.100. The lowest BCUT2D eigenvalue weighted by Gasteiger charge is -2.15. The average molecular weight is 344 g/mol. The van der Waals surface area contributed by atoms with Crippen molar-refractivity contribution in [2.75, 3.05) is 0 Å². The highest BCUT2D eigenvalue weighted by atomic mass is 16.5. The molecule has 1 aromatic carbocycles. The van der Waals surface area contributed by atoms with Gasteiger partial charge in [0.25, 0.3) is 0 Å². The van der Waals surface area contributed by atoms with E-state index in [0.717, 1.165) is 16.5 Å². The number of rotatable bonds is 4. The number of fused-ring (bicyclic) bond motifs is 1. The first-order valence-electron chi connectivity index (χ1n) is 8.21. The molecule has 3 heterocycles. The molecule has 1 unspecified atom stereocenters. The molecule has 6 nitrogen and oxygen atoms in total. The second kappa shape index (κ2) is 6.76. The molecule has 0 fully saturated rings. The van der Waals surface area contributed by atoms with Gasteiger partial charge in [-0.05, 0) is 30.5 Å². The van der Waals surface area contributed by atoms with Gasteiger partial charge >= 0.3 is 5.97 Å². The summed E-state index contributed by atoms with van der Waals surface area (Å²) in [5.74, 6) is 0.250. The summed E-state index contributed by atoms with van der Waals surface area (Å²) in [6.07, 6.45) is 7.86. The van der Waals surface area contributed by atoms with Crippen molar-refractivity contribution in [2.24, 2.45) is 0 Å². The van der Waals surface area contributed by atoms with Gasteiger partial charge in [0.15, 0.2) is 0 Å². The highest BCUT2D eigenvalue weighted by Gasteiger charge is 2.17. The molecule has 1 atom stereocenters. The van der Waals surface area contributed by atoms with Crippen molar-refractivity contribution in [1.29, 1.82) is 0 Å². The van der Waals surface area contributed by atoms with Crippen LogP contribution in [-0.2, 0) is 4.74 Å². The van der Waals surface area contributed by atoms with Gasteiger partial charge in [0.2, 0.25) is 0 Å². The van der Waals surface area contributed by atoms with E-state index >= 15 is 0 Å². The van der Waals surface area contributed by atoms with Crippen molar-refractivity contribution < 1.29 is 9.53 Å². The standard InChI is InChI=1S/C20H16N4O2/c1-14(19-17-5-3-2-4-15(17)8-9-22-19)26-20(25)16-6-7-18(23-12-16)24-11-10-21-13-24/h2-14H,1H3. The largest absolute Gasteiger partial charge is 0.452 e. The van der Waals surface area contributed by atoms with E-state index in [2.05, 4.69) is 15.0 Å². The van der Waals surface area contributed by atoms with E-state index in [0.29, 0.717) is 11.4 Å². The number of benzene rings is 1. The van der Waals surface area contributed by atoms with E-state index in [4.69, 9.17) is 4.74 Å². The van der Waals surface area contributed by atoms with Crippen molar-refractivity contribution in [3.8, 4) is 5.82 Å². The Bertz CT molecular complexity index is 1040. The molecule has 0 aliphatic carbocycles. The maximum absolute atomic E-state index is 12.5. The van der Waals surface area contributed by atoms with Crippen LogP contribution in [0.2, 0.25) is 0 Å². The number of esters is 1. The number of nitrogens with zero attached hydrogens (tertiary/aromatic N) is 4. The molecule has 0 saturated heterocycles. The molecule has 0 saturated carbocycles. The lowest BCUT2D eigenvalue weighted by atomic mass is 10.1. The minimum absolute atomic E-state index is 0.390. The lowest BCUT2D eigenvalue weighted by Crippen LogP contribution is -2.11. The number of hydrogen-bond acceptors (Lipinski definition) is 5. The monoisotopic (exact) mass is 344 g/mol. The van der Waals surface area contributed by atoms with Gasteiger partial charge in [0.1, 0.15) is 18.2 Å². The van der Waals surface area contributed by atoms with Crippen molar-refractivity contribution in [3.63, 3.8) is 0 Å². The smallest absolute Gasteiger partial charge is 0.340 e. The zero-order chi connectivity index (χ0) is 17.9. The Morgan fingerprint density at radius 2 is 1.96 bits per heavy atom. The van der Waals surface area contributed by atoms with E-state index < -0.39 is 12.1 Å². The van der Waals surface area contributed by atoms with Crippen LogP contribution in [0.1, 0.15) is 29.1 Å². The Labute approximate surface area is 150 Å². The van der Waals surface area contributed by atoms with Crippen LogP contribution in [-0.4, -0.2) is 25.5 Å². The second-order valence-electron chi connectivity index (χ2n) is 5.84. The molecule has 0 aliphatic rings. The highest BCUT2D eigenvalue weighted by molar-refractivity contribution is 5.90. The molecule has 0 N–H and O–H groups in total. The second-order valence-corrected chi connectivity index (χ2v) is 5.84. The van der Waals surface area contributed by atoms with Crippen LogP contribution in [0.15, 0.2) is 73.6 Å². The molecule has 26 heavy (non-hydrogen) atoms. The van der Waals surface area contributed by atoms with E-state index in [1.165, 1.54) is 6.20 Å².